The lowest BCUT2D eigenvalue weighted by Gasteiger charge is -2.36. The first-order valence-electron chi connectivity index (χ1n) is 13.5. The summed E-state index contributed by atoms with van der Waals surface area (Å²) in [7, 11) is 1.57. The largest absolute Gasteiger partial charge is 0.497 e. The van der Waals surface area contributed by atoms with Gasteiger partial charge in [0.15, 0.2) is 0 Å². The van der Waals surface area contributed by atoms with Crippen LogP contribution >= 0.6 is 23.2 Å². The molecule has 216 valence electrons. The van der Waals surface area contributed by atoms with Crippen molar-refractivity contribution < 1.29 is 23.8 Å². The van der Waals surface area contributed by atoms with E-state index in [0.29, 0.717) is 38.2 Å². The number of esters is 1. The van der Waals surface area contributed by atoms with E-state index in [1.165, 1.54) is 0 Å². The van der Waals surface area contributed by atoms with Gasteiger partial charge in [-0.25, -0.2) is 9.79 Å². The molecular formula is C32H34Cl2N2O5. The highest BCUT2D eigenvalue weighted by molar-refractivity contribution is 6.30. The Balaban J connectivity index is 2.13. The van der Waals surface area contributed by atoms with Crippen LogP contribution in [0.2, 0.25) is 10.0 Å². The molecule has 2 atom stereocenters. The molecule has 9 heteroatoms. The van der Waals surface area contributed by atoms with E-state index in [0.717, 1.165) is 0 Å². The first kappa shape index (κ1) is 30.4. The molecule has 7 nitrogen and oxygen atoms in total. The lowest BCUT2D eigenvalue weighted by molar-refractivity contribution is -0.152. The minimum atomic E-state index is -1.66. The van der Waals surface area contributed by atoms with Gasteiger partial charge in [0.25, 0.3) is 0 Å². The Labute approximate surface area is 251 Å². The van der Waals surface area contributed by atoms with Gasteiger partial charge >= 0.3 is 5.97 Å². The summed E-state index contributed by atoms with van der Waals surface area (Å²) in [5.74, 6) is 0.0725. The van der Waals surface area contributed by atoms with Gasteiger partial charge in [-0.15, -0.1) is 0 Å². The Bertz CT molecular complexity index is 1440. The molecule has 0 saturated heterocycles. The van der Waals surface area contributed by atoms with Gasteiger partial charge in [-0.05, 0) is 68.3 Å². The lowest BCUT2D eigenvalue weighted by Crippen LogP contribution is -2.47. The normalized spacial score (nSPS) is 18.4. The Morgan fingerprint density at radius 2 is 1.56 bits per heavy atom. The predicted octanol–water partition coefficient (Wildman–Crippen LogP) is 7.23. The Hall–Kier alpha value is -3.55. The highest BCUT2D eigenvalue weighted by atomic mass is 35.5. The monoisotopic (exact) mass is 596 g/mol. The van der Waals surface area contributed by atoms with Gasteiger partial charge in [0.2, 0.25) is 11.4 Å². The van der Waals surface area contributed by atoms with Crippen LogP contribution in [0.5, 0.6) is 11.5 Å². The number of benzene rings is 3. The molecule has 0 aromatic heterocycles. The van der Waals surface area contributed by atoms with Gasteiger partial charge in [-0.2, -0.15) is 0 Å². The maximum absolute atomic E-state index is 14.2. The van der Waals surface area contributed by atoms with Crippen LogP contribution in [-0.2, 0) is 19.9 Å². The van der Waals surface area contributed by atoms with Crippen LogP contribution in [0, 0.1) is 5.92 Å². The number of carbonyl (C=O) groups is 2. The number of nitrogens with zero attached hydrogens (tertiary/aromatic N) is 2. The number of amides is 1. The molecular weight excluding hydrogens is 563 g/mol. The average Bonchev–Trinajstić information content (AvgIpc) is 3.30. The van der Waals surface area contributed by atoms with Crippen LogP contribution in [0.1, 0.15) is 57.4 Å². The van der Waals surface area contributed by atoms with Crippen LogP contribution in [0.25, 0.3) is 0 Å². The van der Waals surface area contributed by atoms with Gasteiger partial charge in [0.05, 0.1) is 25.4 Å². The topological polar surface area (TPSA) is 77.4 Å². The number of halogens is 2. The standard InChI is InChI=1S/C32H34Cl2N2O5/c1-7-40-31(38)32(22-10-14-24(34)15-11-22)28(21-8-12-23(33)13-9-21)36(30(37)19(2)3)29(35-32)26-17-16-25(39-6)18-27(26)41-20(4)5/h8-20,28H,7H2,1-6H3/t28-,32+/m1/s1. The second kappa shape index (κ2) is 12.5. The maximum Gasteiger partial charge on any atom is 0.341 e. The van der Waals surface area contributed by atoms with Crippen LogP contribution in [-0.4, -0.2) is 42.4 Å². The number of carbonyl (C=O) groups excluding carboxylic acids is 2. The fraction of sp³-hybridized carbons (Fsp3) is 0.344. The zero-order valence-electron chi connectivity index (χ0n) is 24.0. The molecule has 0 spiro atoms. The number of rotatable bonds is 9. The number of amidine groups is 1. The molecule has 1 amide bonds. The molecule has 0 bridgehead atoms. The summed E-state index contributed by atoms with van der Waals surface area (Å²) in [6.45, 7) is 9.29. The molecule has 0 aliphatic carbocycles. The SMILES string of the molecule is CCOC(=O)[C@@]1(c2ccc(Cl)cc2)N=C(c2ccc(OC)cc2OC(C)C)N(C(=O)C(C)C)[C@@H]1c1ccc(Cl)cc1. The fourth-order valence-electron chi connectivity index (χ4n) is 4.93. The first-order valence-corrected chi connectivity index (χ1v) is 14.3. The van der Waals surface area contributed by atoms with Crippen molar-refractivity contribution in [3.8, 4) is 11.5 Å². The molecule has 41 heavy (non-hydrogen) atoms. The van der Waals surface area contributed by atoms with Crippen molar-refractivity contribution >= 4 is 40.9 Å². The average molecular weight is 598 g/mol. The van der Waals surface area contributed by atoms with Crippen molar-refractivity contribution in [2.75, 3.05) is 13.7 Å². The summed E-state index contributed by atoms with van der Waals surface area (Å²) in [5, 5.41) is 1.02. The molecule has 3 aromatic rings. The molecule has 1 heterocycles. The fourth-order valence-corrected chi connectivity index (χ4v) is 5.19. The third-order valence-corrected chi connectivity index (χ3v) is 7.25. The molecule has 0 fully saturated rings. The summed E-state index contributed by atoms with van der Waals surface area (Å²) in [6.07, 6.45) is -0.185. The van der Waals surface area contributed by atoms with Crippen LogP contribution in [0.4, 0.5) is 0 Å². The van der Waals surface area contributed by atoms with E-state index in [2.05, 4.69) is 0 Å². The van der Waals surface area contributed by atoms with E-state index < -0.39 is 23.5 Å². The highest BCUT2D eigenvalue weighted by Gasteiger charge is 2.59. The molecule has 1 aliphatic rings. The van der Waals surface area contributed by atoms with Crippen LogP contribution in [0.15, 0.2) is 71.7 Å². The van der Waals surface area contributed by atoms with Crippen LogP contribution in [0.3, 0.4) is 0 Å². The van der Waals surface area contributed by atoms with Crippen molar-refractivity contribution in [3.63, 3.8) is 0 Å². The van der Waals surface area contributed by atoms with Gasteiger partial charge in [0.1, 0.15) is 23.4 Å². The molecule has 1 aliphatic heterocycles. The summed E-state index contributed by atoms with van der Waals surface area (Å²) < 4.78 is 17.4. The van der Waals surface area contributed by atoms with Crippen molar-refractivity contribution in [1.82, 2.24) is 4.90 Å². The zero-order valence-corrected chi connectivity index (χ0v) is 25.5. The Kier molecular flexibility index (Phi) is 9.30. The molecule has 0 saturated carbocycles. The number of aliphatic imine (C=N–C) groups is 1. The van der Waals surface area contributed by atoms with E-state index in [4.69, 9.17) is 42.4 Å². The predicted molar refractivity (Wildman–Crippen MR) is 161 cm³/mol. The summed E-state index contributed by atoms with van der Waals surface area (Å²) in [6, 6.07) is 18.3. The molecule has 0 unspecified atom stereocenters. The minimum absolute atomic E-state index is 0.120. The smallest absolute Gasteiger partial charge is 0.341 e. The van der Waals surface area contributed by atoms with Crippen molar-refractivity contribution in [2.45, 2.75) is 52.3 Å². The molecule has 0 radical (unpaired) electrons. The molecule has 4 rings (SSSR count). The highest BCUT2D eigenvalue weighted by Crippen LogP contribution is 2.51. The van der Waals surface area contributed by atoms with Gasteiger partial charge < -0.3 is 14.2 Å². The van der Waals surface area contributed by atoms with Crippen molar-refractivity contribution in [3.05, 3.63) is 93.5 Å². The second-order valence-corrected chi connectivity index (χ2v) is 11.1. The minimum Gasteiger partial charge on any atom is -0.497 e. The number of ether oxygens (including phenoxy) is 3. The van der Waals surface area contributed by atoms with Crippen LogP contribution < -0.4 is 9.47 Å². The van der Waals surface area contributed by atoms with E-state index in [1.807, 2.05) is 27.7 Å². The maximum atomic E-state index is 14.2. The van der Waals surface area contributed by atoms with E-state index in [1.54, 1.807) is 85.7 Å². The Morgan fingerprint density at radius 1 is 0.951 bits per heavy atom. The van der Waals surface area contributed by atoms with Crippen molar-refractivity contribution in [1.29, 1.82) is 0 Å². The molecule has 3 aromatic carbocycles. The van der Waals surface area contributed by atoms with Gasteiger partial charge in [-0.3, -0.25) is 9.69 Å². The van der Waals surface area contributed by atoms with E-state index in [-0.39, 0.29) is 24.5 Å². The number of hydrogen-bond acceptors (Lipinski definition) is 6. The third kappa shape index (κ3) is 5.92. The third-order valence-electron chi connectivity index (χ3n) is 6.74. The quantitative estimate of drug-likeness (QED) is 0.243. The first-order chi connectivity index (χ1) is 19.5. The second-order valence-electron chi connectivity index (χ2n) is 10.3. The summed E-state index contributed by atoms with van der Waals surface area (Å²) in [5.41, 5.74) is 0.0536. The van der Waals surface area contributed by atoms with E-state index in [9.17, 15) is 9.59 Å². The van der Waals surface area contributed by atoms with Gasteiger partial charge in [0, 0.05) is 22.0 Å². The number of methoxy groups -OCH3 is 1. The summed E-state index contributed by atoms with van der Waals surface area (Å²) >= 11 is 12.5. The lowest BCUT2D eigenvalue weighted by atomic mass is 9.79. The zero-order chi connectivity index (χ0) is 29.9. The van der Waals surface area contributed by atoms with E-state index >= 15 is 0 Å². The Morgan fingerprint density at radius 3 is 2.10 bits per heavy atom. The number of hydrogen-bond donors (Lipinski definition) is 0. The van der Waals surface area contributed by atoms with Crippen molar-refractivity contribution in [2.24, 2.45) is 10.9 Å². The van der Waals surface area contributed by atoms with Gasteiger partial charge in [-0.1, -0.05) is 61.3 Å². The molecule has 0 N–H and O–H groups in total. The summed E-state index contributed by atoms with van der Waals surface area (Å²) in [4.78, 5) is 35.1.